The summed E-state index contributed by atoms with van der Waals surface area (Å²) >= 11 is 5.97. The van der Waals surface area contributed by atoms with Gasteiger partial charge in [-0.05, 0) is 81.2 Å². The molecule has 1 aliphatic heterocycles. The lowest BCUT2D eigenvalue weighted by Crippen LogP contribution is -2.38. The Bertz CT molecular complexity index is 725. The van der Waals surface area contributed by atoms with E-state index in [1.807, 2.05) is 48.3 Å². The molecule has 1 amide bonds. The van der Waals surface area contributed by atoms with E-state index in [2.05, 4.69) is 5.32 Å². The van der Waals surface area contributed by atoms with Gasteiger partial charge in [0.25, 0.3) is 5.91 Å². The number of benzene rings is 2. The Kier molecular flexibility index (Phi) is 6.53. The van der Waals surface area contributed by atoms with Gasteiger partial charge in [-0.25, -0.2) is 0 Å². The molecule has 0 aromatic heterocycles. The number of carbonyl (C=O) groups excluding carboxylic acids is 1. The highest BCUT2D eigenvalue weighted by Gasteiger charge is 2.23. The molecule has 2 aromatic carbocycles. The number of hydrogen-bond donors (Lipinski definition) is 1. The Labute approximate surface area is 160 Å². The minimum atomic E-state index is 0.103. The van der Waals surface area contributed by atoms with Gasteiger partial charge in [-0.2, -0.15) is 0 Å². The Balaban J connectivity index is 1.56. The van der Waals surface area contributed by atoms with E-state index in [-0.39, 0.29) is 5.91 Å². The van der Waals surface area contributed by atoms with E-state index >= 15 is 0 Å². The van der Waals surface area contributed by atoms with Crippen LogP contribution in [-0.2, 0) is 0 Å². The largest absolute Gasteiger partial charge is 0.457 e. The summed E-state index contributed by atoms with van der Waals surface area (Å²) in [5.74, 6) is 2.20. The topological polar surface area (TPSA) is 41.6 Å². The highest BCUT2D eigenvalue weighted by molar-refractivity contribution is 6.30. The van der Waals surface area contributed by atoms with Crippen LogP contribution in [0.3, 0.4) is 0 Å². The van der Waals surface area contributed by atoms with Crippen molar-refractivity contribution < 1.29 is 9.53 Å². The summed E-state index contributed by atoms with van der Waals surface area (Å²) in [6, 6.07) is 14.6. The van der Waals surface area contributed by atoms with Crippen LogP contribution in [-0.4, -0.2) is 37.5 Å². The van der Waals surface area contributed by atoms with Crippen LogP contribution in [0.1, 0.15) is 29.6 Å². The van der Waals surface area contributed by atoms with Crippen molar-refractivity contribution in [2.45, 2.75) is 19.3 Å². The van der Waals surface area contributed by atoms with E-state index in [9.17, 15) is 4.79 Å². The average molecular weight is 373 g/mol. The van der Waals surface area contributed by atoms with Gasteiger partial charge in [-0.1, -0.05) is 17.7 Å². The molecule has 0 unspecified atom stereocenters. The fourth-order valence-corrected chi connectivity index (χ4v) is 3.47. The van der Waals surface area contributed by atoms with E-state index < -0.39 is 0 Å². The van der Waals surface area contributed by atoms with E-state index in [0.717, 1.165) is 38.4 Å². The molecular formula is C21H25ClN2O2. The zero-order chi connectivity index (χ0) is 18.4. The molecule has 1 fully saturated rings. The summed E-state index contributed by atoms with van der Waals surface area (Å²) in [5, 5.41) is 3.83. The molecule has 3 rings (SSSR count). The molecule has 0 spiro atoms. The van der Waals surface area contributed by atoms with E-state index in [1.165, 1.54) is 6.42 Å². The Hall–Kier alpha value is -2.04. The minimum absolute atomic E-state index is 0.103. The first kappa shape index (κ1) is 18.7. The second-order valence-corrected chi connectivity index (χ2v) is 7.15. The molecular weight excluding hydrogens is 348 g/mol. The van der Waals surface area contributed by atoms with Crippen molar-refractivity contribution in [1.29, 1.82) is 0 Å². The first-order valence-electron chi connectivity index (χ1n) is 9.13. The monoisotopic (exact) mass is 372 g/mol. The second kappa shape index (κ2) is 9.06. The van der Waals surface area contributed by atoms with Crippen LogP contribution in [0.2, 0.25) is 5.02 Å². The fraction of sp³-hybridized carbons (Fsp3) is 0.381. The van der Waals surface area contributed by atoms with Crippen molar-refractivity contribution in [3.63, 3.8) is 0 Å². The molecule has 0 atom stereocenters. The van der Waals surface area contributed by atoms with Gasteiger partial charge >= 0.3 is 0 Å². The third kappa shape index (κ3) is 4.99. The Morgan fingerprint density at radius 2 is 1.88 bits per heavy atom. The highest BCUT2D eigenvalue weighted by atomic mass is 35.5. The maximum Gasteiger partial charge on any atom is 0.253 e. The number of amides is 1. The number of nitrogens with one attached hydrogen (secondary N) is 1. The van der Waals surface area contributed by atoms with Gasteiger partial charge in [0.1, 0.15) is 11.5 Å². The lowest BCUT2D eigenvalue weighted by Gasteiger charge is -2.32. The number of ether oxygens (including phenoxy) is 1. The fourth-order valence-electron chi connectivity index (χ4n) is 3.29. The number of likely N-dealkylation sites (tertiary alicyclic amines) is 1. The number of halogens is 1. The van der Waals surface area contributed by atoms with Gasteiger partial charge in [0.05, 0.1) is 0 Å². The van der Waals surface area contributed by atoms with Crippen LogP contribution >= 0.6 is 11.6 Å². The van der Waals surface area contributed by atoms with Gasteiger partial charge in [0, 0.05) is 23.7 Å². The van der Waals surface area contributed by atoms with Crippen molar-refractivity contribution >= 4 is 17.5 Å². The van der Waals surface area contributed by atoms with Gasteiger partial charge in [-0.15, -0.1) is 0 Å². The molecule has 0 saturated carbocycles. The van der Waals surface area contributed by atoms with Crippen LogP contribution in [0.4, 0.5) is 0 Å². The normalized spacial score (nSPS) is 15.1. The van der Waals surface area contributed by atoms with Gasteiger partial charge in [0.15, 0.2) is 0 Å². The Morgan fingerprint density at radius 3 is 2.54 bits per heavy atom. The third-order valence-electron chi connectivity index (χ3n) is 4.84. The number of carbonyl (C=O) groups is 1. The van der Waals surface area contributed by atoms with Crippen molar-refractivity contribution in [2.75, 3.05) is 26.7 Å². The van der Waals surface area contributed by atoms with Gasteiger partial charge < -0.3 is 15.0 Å². The summed E-state index contributed by atoms with van der Waals surface area (Å²) < 4.78 is 5.78. The zero-order valence-electron chi connectivity index (χ0n) is 15.1. The molecule has 26 heavy (non-hydrogen) atoms. The molecule has 2 aromatic rings. The van der Waals surface area contributed by atoms with E-state index in [0.29, 0.717) is 22.1 Å². The summed E-state index contributed by atoms with van der Waals surface area (Å²) in [6.45, 7) is 2.73. The first-order chi connectivity index (χ1) is 12.7. The minimum Gasteiger partial charge on any atom is -0.457 e. The lowest BCUT2D eigenvalue weighted by molar-refractivity contribution is 0.0687. The molecule has 1 saturated heterocycles. The summed E-state index contributed by atoms with van der Waals surface area (Å²) in [7, 11) is 1.98. The number of nitrogens with zero attached hydrogens (tertiary/aromatic N) is 1. The highest BCUT2D eigenvalue weighted by Crippen LogP contribution is 2.25. The molecule has 1 N–H and O–H groups in total. The maximum absolute atomic E-state index is 12.7. The number of piperidine rings is 1. The van der Waals surface area contributed by atoms with Crippen LogP contribution < -0.4 is 10.1 Å². The van der Waals surface area contributed by atoms with E-state index in [1.54, 1.807) is 12.1 Å². The predicted octanol–water partition coefficient (Wildman–Crippen LogP) is 4.59. The van der Waals surface area contributed by atoms with Crippen molar-refractivity contribution in [3.8, 4) is 11.5 Å². The van der Waals surface area contributed by atoms with Crippen molar-refractivity contribution in [3.05, 3.63) is 59.1 Å². The molecule has 0 aliphatic carbocycles. The van der Waals surface area contributed by atoms with Crippen LogP contribution in [0, 0.1) is 5.92 Å². The molecule has 4 nitrogen and oxygen atoms in total. The number of rotatable bonds is 6. The van der Waals surface area contributed by atoms with E-state index in [4.69, 9.17) is 16.3 Å². The molecule has 1 aliphatic rings. The third-order valence-corrected chi connectivity index (χ3v) is 5.07. The molecule has 1 heterocycles. The maximum atomic E-state index is 12.7. The smallest absolute Gasteiger partial charge is 0.253 e. The lowest BCUT2D eigenvalue weighted by atomic mass is 9.93. The SMILES string of the molecule is CNCCC1CCN(C(=O)c2ccc(Oc3cccc(Cl)c3)cc2)CC1. The van der Waals surface area contributed by atoms with Crippen LogP contribution in [0.25, 0.3) is 0 Å². The van der Waals surface area contributed by atoms with Gasteiger partial charge in [0.2, 0.25) is 0 Å². The van der Waals surface area contributed by atoms with Crippen molar-refractivity contribution in [1.82, 2.24) is 10.2 Å². The summed E-state index contributed by atoms with van der Waals surface area (Å²) in [5.41, 5.74) is 0.706. The van der Waals surface area contributed by atoms with Crippen LogP contribution in [0.5, 0.6) is 11.5 Å². The first-order valence-corrected chi connectivity index (χ1v) is 9.51. The molecule has 5 heteroatoms. The number of hydrogen-bond acceptors (Lipinski definition) is 3. The molecule has 0 bridgehead atoms. The van der Waals surface area contributed by atoms with Gasteiger partial charge in [-0.3, -0.25) is 4.79 Å². The average Bonchev–Trinajstić information content (AvgIpc) is 2.67. The Morgan fingerprint density at radius 1 is 1.15 bits per heavy atom. The molecule has 0 radical (unpaired) electrons. The van der Waals surface area contributed by atoms with Crippen molar-refractivity contribution in [2.24, 2.45) is 5.92 Å². The summed E-state index contributed by atoms with van der Waals surface area (Å²) in [4.78, 5) is 14.7. The second-order valence-electron chi connectivity index (χ2n) is 6.71. The standard InChI is InChI=1S/C21H25ClN2O2/c1-23-12-9-16-10-13-24(14-11-16)21(25)17-5-7-19(8-6-17)26-20-4-2-3-18(22)15-20/h2-8,15-16,23H,9-14H2,1H3. The summed E-state index contributed by atoms with van der Waals surface area (Å²) in [6.07, 6.45) is 3.36. The predicted molar refractivity (Wildman–Crippen MR) is 105 cm³/mol. The molecule has 138 valence electrons. The van der Waals surface area contributed by atoms with Crippen LogP contribution in [0.15, 0.2) is 48.5 Å². The quantitative estimate of drug-likeness (QED) is 0.806. The zero-order valence-corrected chi connectivity index (χ0v) is 15.8.